The van der Waals surface area contributed by atoms with Crippen LogP contribution in [0.4, 0.5) is 0 Å². The molecule has 2 aliphatic heterocycles. The number of ether oxygens (including phenoxy) is 2. The molecule has 3 heterocycles. The van der Waals surface area contributed by atoms with Crippen molar-refractivity contribution >= 4 is 11.0 Å². The summed E-state index contributed by atoms with van der Waals surface area (Å²) in [5.41, 5.74) is 1.32. The predicted molar refractivity (Wildman–Crippen MR) is 81.4 cm³/mol. The van der Waals surface area contributed by atoms with Gasteiger partial charge in [0.05, 0.1) is 13.1 Å². The van der Waals surface area contributed by atoms with Gasteiger partial charge in [-0.2, -0.15) is 0 Å². The first-order valence-corrected chi connectivity index (χ1v) is 7.89. The number of nitrogens with one attached hydrogen (secondary N) is 1. The van der Waals surface area contributed by atoms with Crippen LogP contribution in [0.2, 0.25) is 0 Å². The molecule has 1 fully saturated rings. The van der Waals surface area contributed by atoms with Gasteiger partial charge in [0, 0.05) is 23.1 Å². The van der Waals surface area contributed by atoms with Crippen molar-refractivity contribution in [3.63, 3.8) is 0 Å². The first-order chi connectivity index (χ1) is 10.7. The first-order valence-electron chi connectivity index (χ1n) is 7.89. The van der Waals surface area contributed by atoms with Crippen LogP contribution in [0.1, 0.15) is 25.3 Å². The fraction of sp³-hybridized carbons (Fsp3) is 0.471. The van der Waals surface area contributed by atoms with Crippen molar-refractivity contribution < 1.29 is 18.8 Å². The summed E-state index contributed by atoms with van der Waals surface area (Å²) in [6.45, 7) is 5.71. The minimum atomic E-state index is -0.300. The summed E-state index contributed by atoms with van der Waals surface area (Å²) in [7, 11) is 0. The Labute approximate surface area is 128 Å². The molecule has 4 rings (SSSR count). The summed E-state index contributed by atoms with van der Waals surface area (Å²) in [6.07, 6.45) is 2.50. The molecule has 0 bridgehead atoms. The second-order valence-corrected chi connectivity index (χ2v) is 6.40. The molecular formula is C17H20NO4+. The topological polar surface area (TPSA) is 53.1 Å². The van der Waals surface area contributed by atoms with Crippen LogP contribution in [0.15, 0.2) is 27.4 Å². The Hall–Kier alpha value is -2.01. The number of benzene rings is 1. The lowest BCUT2D eigenvalue weighted by Gasteiger charge is -2.27. The number of piperidine rings is 1. The summed E-state index contributed by atoms with van der Waals surface area (Å²) in [6, 6.07) is 5.31. The molecule has 0 atom stereocenters. The SMILES string of the molecule is CC1CC[NH+](Cc2cc(=O)oc3cc4c(cc23)OCO4)CC1. The summed E-state index contributed by atoms with van der Waals surface area (Å²) >= 11 is 0. The number of quaternary nitrogens is 1. The van der Waals surface area contributed by atoms with Crippen LogP contribution in [0.3, 0.4) is 0 Å². The van der Waals surface area contributed by atoms with E-state index in [0.717, 1.165) is 42.3 Å². The third-order valence-electron chi connectivity index (χ3n) is 4.75. The van der Waals surface area contributed by atoms with Gasteiger partial charge in [0.1, 0.15) is 12.1 Å². The van der Waals surface area contributed by atoms with Gasteiger partial charge in [-0.15, -0.1) is 0 Å². The Kier molecular flexibility index (Phi) is 3.30. The van der Waals surface area contributed by atoms with Crippen molar-refractivity contribution in [2.24, 2.45) is 5.92 Å². The van der Waals surface area contributed by atoms with Gasteiger partial charge in [-0.05, 0) is 24.8 Å². The van der Waals surface area contributed by atoms with Gasteiger partial charge in [0.15, 0.2) is 11.5 Å². The van der Waals surface area contributed by atoms with Gasteiger partial charge in [0.25, 0.3) is 0 Å². The maximum Gasteiger partial charge on any atom is 0.336 e. The minimum Gasteiger partial charge on any atom is -0.454 e. The molecule has 5 heteroatoms. The van der Waals surface area contributed by atoms with Crippen LogP contribution in [-0.4, -0.2) is 19.9 Å². The number of fused-ring (bicyclic) bond motifs is 2. The first kappa shape index (κ1) is 13.6. The third-order valence-corrected chi connectivity index (χ3v) is 4.75. The molecular weight excluding hydrogens is 282 g/mol. The Morgan fingerprint density at radius 1 is 1.14 bits per heavy atom. The van der Waals surface area contributed by atoms with E-state index in [-0.39, 0.29) is 12.4 Å². The Bertz CT molecular complexity index is 759. The maximum atomic E-state index is 11.9. The van der Waals surface area contributed by atoms with Crippen molar-refractivity contribution in [2.75, 3.05) is 19.9 Å². The van der Waals surface area contributed by atoms with Gasteiger partial charge in [-0.3, -0.25) is 0 Å². The predicted octanol–water partition coefficient (Wildman–Crippen LogP) is 1.34. The summed E-state index contributed by atoms with van der Waals surface area (Å²) < 4.78 is 16.1. The fourth-order valence-corrected chi connectivity index (χ4v) is 3.38. The fourth-order valence-electron chi connectivity index (χ4n) is 3.38. The molecule has 2 aromatic rings. The smallest absolute Gasteiger partial charge is 0.336 e. The third kappa shape index (κ3) is 2.46. The maximum absolute atomic E-state index is 11.9. The molecule has 0 radical (unpaired) electrons. The largest absolute Gasteiger partial charge is 0.454 e. The molecule has 116 valence electrons. The molecule has 0 unspecified atom stereocenters. The highest BCUT2D eigenvalue weighted by Crippen LogP contribution is 2.36. The normalized spacial score (nSPS) is 23.9. The van der Waals surface area contributed by atoms with E-state index in [1.165, 1.54) is 17.7 Å². The summed E-state index contributed by atoms with van der Waals surface area (Å²) in [5.74, 6) is 2.19. The zero-order valence-electron chi connectivity index (χ0n) is 12.7. The van der Waals surface area contributed by atoms with Crippen LogP contribution in [0.5, 0.6) is 11.5 Å². The van der Waals surface area contributed by atoms with Crippen molar-refractivity contribution in [1.29, 1.82) is 0 Å². The second-order valence-electron chi connectivity index (χ2n) is 6.40. The van der Waals surface area contributed by atoms with Gasteiger partial charge in [0.2, 0.25) is 6.79 Å². The zero-order chi connectivity index (χ0) is 15.1. The lowest BCUT2D eigenvalue weighted by Crippen LogP contribution is -3.11. The monoisotopic (exact) mass is 302 g/mol. The van der Waals surface area contributed by atoms with Gasteiger partial charge >= 0.3 is 5.63 Å². The van der Waals surface area contributed by atoms with E-state index in [2.05, 4.69) is 6.92 Å². The molecule has 0 amide bonds. The Morgan fingerprint density at radius 3 is 2.64 bits per heavy atom. The van der Waals surface area contributed by atoms with Crippen molar-refractivity contribution in [1.82, 2.24) is 0 Å². The quantitative estimate of drug-likeness (QED) is 0.851. The molecule has 1 saturated heterocycles. The minimum absolute atomic E-state index is 0.223. The number of likely N-dealkylation sites (tertiary alicyclic amines) is 1. The van der Waals surface area contributed by atoms with E-state index in [0.29, 0.717) is 11.3 Å². The highest BCUT2D eigenvalue weighted by atomic mass is 16.7. The zero-order valence-corrected chi connectivity index (χ0v) is 12.7. The number of hydrogen-bond acceptors (Lipinski definition) is 4. The number of hydrogen-bond donors (Lipinski definition) is 1. The lowest BCUT2D eigenvalue weighted by atomic mass is 9.98. The highest BCUT2D eigenvalue weighted by molar-refractivity contribution is 5.84. The van der Waals surface area contributed by atoms with Crippen LogP contribution in [0, 0.1) is 5.92 Å². The number of rotatable bonds is 2. The van der Waals surface area contributed by atoms with E-state index in [9.17, 15) is 4.79 Å². The van der Waals surface area contributed by atoms with Crippen molar-refractivity contribution in [2.45, 2.75) is 26.3 Å². The molecule has 2 aliphatic rings. The average Bonchev–Trinajstić information content (AvgIpc) is 2.95. The van der Waals surface area contributed by atoms with E-state index in [1.807, 2.05) is 6.07 Å². The molecule has 5 nitrogen and oxygen atoms in total. The lowest BCUT2D eigenvalue weighted by molar-refractivity contribution is -0.919. The van der Waals surface area contributed by atoms with Gasteiger partial charge < -0.3 is 18.8 Å². The molecule has 0 spiro atoms. The van der Waals surface area contributed by atoms with Gasteiger partial charge in [-0.25, -0.2) is 4.79 Å². The standard InChI is InChI=1S/C17H19NO4/c1-11-2-4-18(5-3-11)9-12-6-17(19)22-14-8-16-15(7-13(12)14)20-10-21-16/h6-8,11H,2-5,9-10H2,1H3/p+1. The van der Waals surface area contributed by atoms with Crippen molar-refractivity contribution in [3.05, 3.63) is 34.2 Å². The molecule has 22 heavy (non-hydrogen) atoms. The van der Waals surface area contributed by atoms with E-state index < -0.39 is 0 Å². The molecule has 1 aromatic carbocycles. The molecule has 0 saturated carbocycles. The van der Waals surface area contributed by atoms with Crippen molar-refractivity contribution in [3.8, 4) is 11.5 Å². The Morgan fingerprint density at radius 2 is 1.86 bits per heavy atom. The Balaban J connectivity index is 1.71. The van der Waals surface area contributed by atoms with Crippen LogP contribution >= 0.6 is 0 Å². The average molecular weight is 302 g/mol. The second kappa shape index (κ2) is 5.32. The molecule has 0 aliphatic carbocycles. The summed E-state index contributed by atoms with van der Waals surface area (Å²) in [4.78, 5) is 13.4. The molecule has 1 aromatic heterocycles. The van der Waals surface area contributed by atoms with Gasteiger partial charge in [-0.1, -0.05) is 6.92 Å². The van der Waals surface area contributed by atoms with Crippen LogP contribution in [0.25, 0.3) is 11.0 Å². The van der Waals surface area contributed by atoms with E-state index >= 15 is 0 Å². The van der Waals surface area contributed by atoms with E-state index in [4.69, 9.17) is 13.9 Å². The van der Waals surface area contributed by atoms with Crippen LogP contribution in [-0.2, 0) is 6.54 Å². The van der Waals surface area contributed by atoms with Crippen LogP contribution < -0.4 is 20.0 Å². The summed E-state index contributed by atoms with van der Waals surface area (Å²) in [5, 5.41) is 0.954. The highest BCUT2D eigenvalue weighted by Gasteiger charge is 2.22. The van der Waals surface area contributed by atoms with E-state index in [1.54, 1.807) is 12.1 Å². The molecule has 1 N–H and O–H groups in total.